The zero-order valence-corrected chi connectivity index (χ0v) is 8.48. The van der Waals surface area contributed by atoms with Crippen LogP contribution in [0.2, 0.25) is 0 Å². The van der Waals surface area contributed by atoms with Gasteiger partial charge in [-0.2, -0.15) is 0 Å². The number of furan rings is 1. The van der Waals surface area contributed by atoms with Crippen molar-refractivity contribution >= 4 is 0 Å². The van der Waals surface area contributed by atoms with Crippen LogP contribution >= 0.6 is 0 Å². The Bertz CT molecular complexity index is 253. The monoisotopic (exact) mass is 194 g/mol. The predicted molar refractivity (Wildman–Crippen MR) is 55.0 cm³/mol. The maximum atomic E-state index is 9.91. The summed E-state index contributed by atoms with van der Waals surface area (Å²) in [7, 11) is 0. The third-order valence-corrected chi connectivity index (χ3v) is 3.16. The van der Waals surface area contributed by atoms with E-state index in [0.29, 0.717) is 5.92 Å². The van der Waals surface area contributed by atoms with Crippen LogP contribution in [-0.4, -0.2) is 11.2 Å². The van der Waals surface area contributed by atoms with Gasteiger partial charge < -0.3 is 9.52 Å². The fourth-order valence-corrected chi connectivity index (χ4v) is 2.29. The summed E-state index contributed by atoms with van der Waals surface area (Å²) in [4.78, 5) is 0. The summed E-state index contributed by atoms with van der Waals surface area (Å²) in [5.74, 6) is 1.42. The Morgan fingerprint density at radius 2 is 2.14 bits per heavy atom. The molecule has 0 aliphatic heterocycles. The maximum Gasteiger partial charge on any atom is 0.104 e. The standard InChI is InChI=1S/C12H18O2/c13-12-7-3-1-2-5-10(12)9-11-6-4-8-14-11/h4,6,8,10,12-13H,1-3,5,7,9H2. The van der Waals surface area contributed by atoms with Gasteiger partial charge in [-0.1, -0.05) is 19.3 Å². The van der Waals surface area contributed by atoms with Crippen molar-refractivity contribution in [3.63, 3.8) is 0 Å². The van der Waals surface area contributed by atoms with Gasteiger partial charge in [-0.05, 0) is 30.9 Å². The van der Waals surface area contributed by atoms with Crippen LogP contribution in [0.15, 0.2) is 22.8 Å². The molecule has 2 heteroatoms. The van der Waals surface area contributed by atoms with Gasteiger partial charge in [-0.3, -0.25) is 0 Å². The van der Waals surface area contributed by atoms with Gasteiger partial charge in [0.05, 0.1) is 12.4 Å². The van der Waals surface area contributed by atoms with E-state index in [2.05, 4.69) is 0 Å². The summed E-state index contributed by atoms with van der Waals surface area (Å²) in [6.45, 7) is 0. The molecule has 1 saturated carbocycles. The van der Waals surface area contributed by atoms with Gasteiger partial charge in [0.2, 0.25) is 0 Å². The van der Waals surface area contributed by atoms with Crippen molar-refractivity contribution in [1.29, 1.82) is 0 Å². The van der Waals surface area contributed by atoms with E-state index in [0.717, 1.165) is 25.0 Å². The SMILES string of the molecule is OC1CCCCCC1Cc1ccco1. The van der Waals surface area contributed by atoms with Crippen molar-refractivity contribution in [1.82, 2.24) is 0 Å². The summed E-state index contributed by atoms with van der Waals surface area (Å²) in [5.41, 5.74) is 0. The average Bonchev–Trinajstić information content (AvgIpc) is 2.60. The van der Waals surface area contributed by atoms with Crippen molar-refractivity contribution in [2.75, 3.05) is 0 Å². The third-order valence-electron chi connectivity index (χ3n) is 3.16. The molecule has 1 aromatic rings. The Morgan fingerprint density at radius 3 is 2.93 bits per heavy atom. The molecule has 1 fully saturated rings. The Hall–Kier alpha value is -0.760. The lowest BCUT2D eigenvalue weighted by molar-refractivity contribution is 0.0976. The minimum Gasteiger partial charge on any atom is -0.469 e. The second-order valence-corrected chi connectivity index (χ2v) is 4.25. The Morgan fingerprint density at radius 1 is 1.29 bits per heavy atom. The number of rotatable bonds is 2. The van der Waals surface area contributed by atoms with Crippen LogP contribution in [-0.2, 0) is 6.42 Å². The quantitative estimate of drug-likeness (QED) is 0.734. The molecule has 2 rings (SSSR count). The lowest BCUT2D eigenvalue weighted by Crippen LogP contribution is -2.20. The molecule has 0 amide bonds. The minimum atomic E-state index is -0.123. The summed E-state index contributed by atoms with van der Waals surface area (Å²) in [6, 6.07) is 3.91. The lowest BCUT2D eigenvalue weighted by atomic mass is 9.93. The summed E-state index contributed by atoms with van der Waals surface area (Å²) >= 11 is 0. The molecule has 1 aliphatic rings. The number of aliphatic hydroxyl groups is 1. The molecule has 0 radical (unpaired) electrons. The molecular weight excluding hydrogens is 176 g/mol. The molecule has 1 N–H and O–H groups in total. The highest BCUT2D eigenvalue weighted by atomic mass is 16.3. The van der Waals surface area contributed by atoms with E-state index in [1.54, 1.807) is 6.26 Å². The molecular formula is C12H18O2. The average molecular weight is 194 g/mol. The lowest BCUT2D eigenvalue weighted by Gasteiger charge is -2.18. The van der Waals surface area contributed by atoms with E-state index < -0.39 is 0 Å². The molecule has 0 saturated heterocycles. The fraction of sp³-hybridized carbons (Fsp3) is 0.667. The zero-order valence-electron chi connectivity index (χ0n) is 8.48. The van der Waals surface area contributed by atoms with Crippen LogP contribution in [0.25, 0.3) is 0 Å². The molecule has 0 bridgehead atoms. The van der Waals surface area contributed by atoms with E-state index in [1.165, 1.54) is 19.3 Å². The molecule has 0 aromatic carbocycles. The van der Waals surface area contributed by atoms with Crippen LogP contribution in [0, 0.1) is 5.92 Å². The third kappa shape index (κ3) is 2.38. The molecule has 1 aromatic heterocycles. The second-order valence-electron chi connectivity index (χ2n) is 4.25. The summed E-state index contributed by atoms with van der Waals surface area (Å²) in [5, 5.41) is 9.91. The number of hydrogen-bond acceptors (Lipinski definition) is 2. The highest BCUT2D eigenvalue weighted by molar-refractivity contribution is 5.00. The van der Waals surface area contributed by atoms with E-state index in [-0.39, 0.29) is 6.10 Å². The molecule has 2 unspecified atom stereocenters. The van der Waals surface area contributed by atoms with Gasteiger partial charge in [0.1, 0.15) is 5.76 Å². The van der Waals surface area contributed by atoms with Crippen LogP contribution < -0.4 is 0 Å². The largest absolute Gasteiger partial charge is 0.469 e. The van der Waals surface area contributed by atoms with Gasteiger partial charge in [0, 0.05) is 6.42 Å². The van der Waals surface area contributed by atoms with Gasteiger partial charge in [0.15, 0.2) is 0 Å². The molecule has 1 heterocycles. The fourth-order valence-electron chi connectivity index (χ4n) is 2.29. The van der Waals surface area contributed by atoms with Crippen molar-refractivity contribution < 1.29 is 9.52 Å². The molecule has 78 valence electrons. The second kappa shape index (κ2) is 4.65. The first-order chi connectivity index (χ1) is 6.86. The molecule has 2 nitrogen and oxygen atoms in total. The summed E-state index contributed by atoms with van der Waals surface area (Å²) in [6.07, 6.45) is 8.28. The molecule has 0 spiro atoms. The van der Waals surface area contributed by atoms with Gasteiger partial charge in [0.25, 0.3) is 0 Å². The minimum absolute atomic E-state index is 0.123. The van der Waals surface area contributed by atoms with E-state index in [9.17, 15) is 5.11 Å². The summed E-state index contributed by atoms with van der Waals surface area (Å²) < 4.78 is 5.31. The van der Waals surface area contributed by atoms with Crippen LogP contribution in [0.3, 0.4) is 0 Å². The normalized spacial score (nSPS) is 28.6. The van der Waals surface area contributed by atoms with Gasteiger partial charge in [-0.15, -0.1) is 0 Å². The molecule has 2 atom stereocenters. The van der Waals surface area contributed by atoms with Crippen molar-refractivity contribution in [2.45, 2.75) is 44.6 Å². The smallest absolute Gasteiger partial charge is 0.104 e. The molecule has 1 aliphatic carbocycles. The van der Waals surface area contributed by atoms with E-state index >= 15 is 0 Å². The number of hydrogen-bond donors (Lipinski definition) is 1. The highest BCUT2D eigenvalue weighted by Gasteiger charge is 2.22. The first kappa shape index (κ1) is 9.78. The molecule has 14 heavy (non-hydrogen) atoms. The van der Waals surface area contributed by atoms with Gasteiger partial charge in [-0.25, -0.2) is 0 Å². The van der Waals surface area contributed by atoms with E-state index in [1.807, 2.05) is 12.1 Å². The van der Waals surface area contributed by atoms with Crippen LogP contribution in [0.5, 0.6) is 0 Å². The van der Waals surface area contributed by atoms with Crippen LogP contribution in [0.1, 0.15) is 37.9 Å². The highest BCUT2D eigenvalue weighted by Crippen LogP contribution is 2.26. The zero-order chi connectivity index (χ0) is 9.80. The first-order valence-electron chi connectivity index (χ1n) is 5.56. The Kier molecular flexibility index (Phi) is 3.25. The maximum absolute atomic E-state index is 9.91. The first-order valence-corrected chi connectivity index (χ1v) is 5.56. The van der Waals surface area contributed by atoms with Crippen molar-refractivity contribution in [3.8, 4) is 0 Å². The Balaban J connectivity index is 1.94. The predicted octanol–water partition coefficient (Wildman–Crippen LogP) is 2.76. The topological polar surface area (TPSA) is 33.4 Å². The van der Waals surface area contributed by atoms with Crippen LogP contribution in [0.4, 0.5) is 0 Å². The Labute approximate surface area is 84.9 Å². The number of aliphatic hydroxyl groups excluding tert-OH is 1. The van der Waals surface area contributed by atoms with Crippen molar-refractivity contribution in [2.24, 2.45) is 5.92 Å². The van der Waals surface area contributed by atoms with Crippen molar-refractivity contribution in [3.05, 3.63) is 24.2 Å². The van der Waals surface area contributed by atoms with E-state index in [4.69, 9.17) is 4.42 Å². The van der Waals surface area contributed by atoms with Gasteiger partial charge >= 0.3 is 0 Å².